The van der Waals surface area contributed by atoms with E-state index in [1.165, 1.54) is 0 Å². The molecule has 2 heterocycles. The molecule has 2 fully saturated rings. The summed E-state index contributed by atoms with van der Waals surface area (Å²) in [6.45, 7) is 10.9. The average Bonchev–Trinajstić information content (AvgIpc) is 2.81. The smallest absolute Gasteiger partial charge is 0.394 e. The maximum absolute atomic E-state index is 8.61. The fourth-order valence-corrected chi connectivity index (χ4v) is 6.24. The summed E-state index contributed by atoms with van der Waals surface area (Å²) in [4.78, 5) is 0. The summed E-state index contributed by atoms with van der Waals surface area (Å²) >= 11 is 0. The Morgan fingerprint density at radius 2 is 0.886 bits per heavy atom. The Bertz CT molecular complexity index is 793. The first-order chi connectivity index (χ1) is 16.5. The van der Waals surface area contributed by atoms with Gasteiger partial charge in [0.1, 0.15) is 16.2 Å². The standard InChI is InChI=1S/C21H36N6O6P2/c1-7-19(8-2,13(22)28-34-30-15(24)20(9-3,10-4)16(25)31-34)14(23)29-35-32-17(26)21(11-5,12-6)18(27)33-35/h22-27H,7-12H2,1-6H3. The minimum atomic E-state index is -2.26. The van der Waals surface area contributed by atoms with Gasteiger partial charge >= 0.3 is 17.2 Å². The first-order valence-corrected chi connectivity index (χ1v) is 13.9. The van der Waals surface area contributed by atoms with Gasteiger partial charge in [-0.05, 0) is 38.5 Å². The van der Waals surface area contributed by atoms with E-state index in [-0.39, 0.29) is 48.2 Å². The topological polar surface area (TPSA) is 198 Å². The van der Waals surface area contributed by atoms with E-state index in [0.717, 1.165) is 0 Å². The lowest BCUT2D eigenvalue weighted by Crippen LogP contribution is -2.45. The molecule has 0 aromatic carbocycles. The predicted molar refractivity (Wildman–Crippen MR) is 136 cm³/mol. The van der Waals surface area contributed by atoms with Crippen LogP contribution < -0.4 is 0 Å². The van der Waals surface area contributed by atoms with Crippen molar-refractivity contribution in [1.29, 1.82) is 32.5 Å². The molecular weight excluding hydrogens is 494 g/mol. The molecule has 0 radical (unpaired) electrons. The molecule has 2 rings (SSSR count). The molecule has 0 amide bonds. The summed E-state index contributed by atoms with van der Waals surface area (Å²) < 4.78 is 33.3. The zero-order valence-corrected chi connectivity index (χ0v) is 22.9. The van der Waals surface area contributed by atoms with Crippen LogP contribution in [0.4, 0.5) is 0 Å². The molecule has 12 nitrogen and oxygen atoms in total. The first-order valence-electron chi connectivity index (χ1n) is 11.7. The summed E-state index contributed by atoms with van der Waals surface area (Å²) in [7, 11) is -4.53. The van der Waals surface area contributed by atoms with Gasteiger partial charge in [-0.2, -0.15) is 0 Å². The molecule has 2 saturated heterocycles. The zero-order chi connectivity index (χ0) is 26.6. The van der Waals surface area contributed by atoms with E-state index in [0.29, 0.717) is 25.7 Å². The predicted octanol–water partition coefficient (Wildman–Crippen LogP) is 6.85. The second-order valence-corrected chi connectivity index (χ2v) is 10.3. The van der Waals surface area contributed by atoms with Crippen LogP contribution in [-0.4, -0.2) is 35.4 Å². The van der Waals surface area contributed by atoms with Crippen molar-refractivity contribution in [2.45, 2.75) is 80.1 Å². The Kier molecular flexibility index (Phi) is 9.22. The maximum Gasteiger partial charge on any atom is 0.533 e. The number of hydrogen-bond acceptors (Lipinski definition) is 12. The third kappa shape index (κ3) is 4.87. The summed E-state index contributed by atoms with van der Waals surface area (Å²) in [5.41, 5.74) is -3.23. The summed E-state index contributed by atoms with van der Waals surface area (Å²) in [5.74, 6) is -1.28. The van der Waals surface area contributed by atoms with Gasteiger partial charge < -0.3 is 27.1 Å². The van der Waals surface area contributed by atoms with Crippen LogP contribution in [0.25, 0.3) is 0 Å². The highest BCUT2D eigenvalue weighted by molar-refractivity contribution is 7.44. The Hall–Kier alpha value is -2.32. The highest BCUT2D eigenvalue weighted by Gasteiger charge is 2.52. The van der Waals surface area contributed by atoms with Crippen LogP contribution in [0.1, 0.15) is 80.1 Å². The fraction of sp³-hybridized carbons (Fsp3) is 0.714. The van der Waals surface area contributed by atoms with Gasteiger partial charge in [0.2, 0.25) is 35.4 Å². The SMILES string of the molecule is CCC1(CC)C(=N)OP(OC(=N)C(CC)(CC)C(=N)OP2OC(=N)C(CC)(CC)C(=N)O2)OC1=N. The van der Waals surface area contributed by atoms with Crippen LogP contribution in [0, 0.1) is 48.7 Å². The van der Waals surface area contributed by atoms with Crippen LogP contribution in [0.3, 0.4) is 0 Å². The number of nitrogens with one attached hydrogen (secondary N) is 6. The summed E-state index contributed by atoms with van der Waals surface area (Å²) in [6.07, 6.45) is 2.33. The van der Waals surface area contributed by atoms with Crippen molar-refractivity contribution in [3.05, 3.63) is 0 Å². The fourth-order valence-electron chi connectivity index (χ4n) is 4.07. The molecule has 2 aliphatic rings. The molecule has 0 spiro atoms. The average molecular weight is 531 g/mol. The van der Waals surface area contributed by atoms with E-state index in [1.54, 1.807) is 13.8 Å². The van der Waals surface area contributed by atoms with Crippen molar-refractivity contribution in [3.63, 3.8) is 0 Å². The zero-order valence-electron chi connectivity index (χ0n) is 21.1. The van der Waals surface area contributed by atoms with Crippen LogP contribution in [-0.2, 0) is 27.1 Å². The van der Waals surface area contributed by atoms with Crippen molar-refractivity contribution in [1.82, 2.24) is 0 Å². The monoisotopic (exact) mass is 530 g/mol. The lowest BCUT2D eigenvalue weighted by atomic mass is 9.82. The summed E-state index contributed by atoms with van der Waals surface area (Å²) in [5, 5.41) is 50.4. The molecule has 0 aliphatic carbocycles. The van der Waals surface area contributed by atoms with Crippen molar-refractivity contribution in [3.8, 4) is 0 Å². The molecule has 0 atom stereocenters. The van der Waals surface area contributed by atoms with Gasteiger partial charge in [0.25, 0.3) is 0 Å². The Morgan fingerprint density at radius 3 is 1.09 bits per heavy atom. The van der Waals surface area contributed by atoms with Crippen LogP contribution in [0.15, 0.2) is 0 Å². The van der Waals surface area contributed by atoms with Gasteiger partial charge in [0.15, 0.2) is 0 Å². The van der Waals surface area contributed by atoms with E-state index in [9.17, 15) is 0 Å². The highest BCUT2D eigenvalue weighted by Crippen LogP contribution is 2.55. The Morgan fingerprint density at radius 1 is 0.629 bits per heavy atom. The maximum atomic E-state index is 8.61. The van der Waals surface area contributed by atoms with E-state index in [4.69, 9.17) is 59.6 Å². The number of rotatable bonds is 10. The largest absolute Gasteiger partial charge is 0.533 e. The van der Waals surface area contributed by atoms with Crippen molar-refractivity contribution >= 4 is 52.6 Å². The van der Waals surface area contributed by atoms with Gasteiger partial charge in [-0.15, -0.1) is 0 Å². The molecule has 0 aromatic rings. The second kappa shape index (κ2) is 11.2. The van der Waals surface area contributed by atoms with Gasteiger partial charge in [0.05, 0.1) is 0 Å². The normalized spacial score (nSPS) is 23.4. The molecule has 2 aliphatic heterocycles. The van der Waals surface area contributed by atoms with Crippen molar-refractivity contribution < 1.29 is 27.1 Å². The Labute approximate surface area is 208 Å². The van der Waals surface area contributed by atoms with Crippen molar-refractivity contribution in [2.24, 2.45) is 16.2 Å². The van der Waals surface area contributed by atoms with Gasteiger partial charge in [-0.3, -0.25) is 32.5 Å². The molecule has 35 heavy (non-hydrogen) atoms. The van der Waals surface area contributed by atoms with E-state index in [1.807, 2.05) is 27.7 Å². The third-order valence-electron chi connectivity index (χ3n) is 7.22. The van der Waals surface area contributed by atoms with Gasteiger partial charge in [-0.1, -0.05) is 41.5 Å². The van der Waals surface area contributed by atoms with Gasteiger partial charge in [-0.25, -0.2) is 0 Å². The molecule has 196 valence electrons. The third-order valence-corrected chi connectivity index (χ3v) is 9.21. The molecule has 0 aromatic heterocycles. The number of hydrogen-bond donors (Lipinski definition) is 6. The molecule has 0 unspecified atom stereocenters. The van der Waals surface area contributed by atoms with Crippen LogP contribution >= 0.6 is 17.2 Å². The van der Waals surface area contributed by atoms with E-state index >= 15 is 0 Å². The quantitative estimate of drug-likeness (QED) is 0.101. The molecule has 14 heteroatoms. The minimum absolute atomic E-state index is 0.137. The molecule has 0 bridgehead atoms. The lowest BCUT2D eigenvalue weighted by molar-refractivity contribution is 0.251. The minimum Gasteiger partial charge on any atom is -0.394 e. The lowest BCUT2D eigenvalue weighted by Gasteiger charge is -2.40. The van der Waals surface area contributed by atoms with E-state index < -0.39 is 33.4 Å². The summed E-state index contributed by atoms with van der Waals surface area (Å²) in [6, 6.07) is 0. The van der Waals surface area contributed by atoms with Crippen molar-refractivity contribution in [2.75, 3.05) is 0 Å². The molecule has 0 saturated carbocycles. The highest BCUT2D eigenvalue weighted by atomic mass is 31.2. The first kappa shape index (κ1) is 28.9. The Balaban J connectivity index is 2.16. The van der Waals surface area contributed by atoms with E-state index in [2.05, 4.69) is 0 Å². The molecular formula is C21H36N6O6P2. The molecule has 6 N–H and O–H groups in total. The van der Waals surface area contributed by atoms with Crippen LogP contribution in [0.5, 0.6) is 0 Å². The van der Waals surface area contributed by atoms with Gasteiger partial charge in [0, 0.05) is 0 Å². The second-order valence-electron chi connectivity index (χ2n) is 8.34. The van der Waals surface area contributed by atoms with Crippen LogP contribution in [0.2, 0.25) is 0 Å².